The first-order valence-corrected chi connectivity index (χ1v) is 8.35. The van der Waals surface area contributed by atoms with Gasteiger partial charge in [0.1, 0.15) is 21.5 Å². The highest BCUT2D eigenvalue weighted by atomic mass is 32.2. The van der Waals surface area contributed by atoms with Crippen LogP contribution in [0.1, 0.15) is 11.3 Å². The van der Waals surface area contributed by atoms with Crippen molar-refractivity contribution in [3.05, 3.63) is 11.3 Å². The van der Waals surface area contributed by atoms with E-state index in [2.05, 4.69) is 5.10 Å². The number of aryl methyl sites for hydroxylation is 2. The molecule has 0 aromatic carbocycles. The van der Waals surface area contributed by atoms with E-state index in [1.54, 1.807) is 6.07 Å². The molecule has 0 bridgehead atoms. The number of nitriles is 1. The highest BCUT2D eigenvalue weighted by molar-refractivity contribution is 7.90. The Morgan fingerprint density at radius 1 is 1.39 bits per heavy atom. The zero-order valence-electron chi connectivity index (χ0n) is 9.78. The number of rotatable bonds is 4. The van der Waals surface area contributed by atoms with E-state index in [0.29, 0.717) is 0 Å². The maximum atomic E-state index is 11.4. The summed E-state index contributed by atoms with van der Waals surface area (Å²) in [7, 11) is -7.41. The van der Waals surface area contributed by atoms with E-state index in [0.717, 1.165) is 10.9 Å². The van der Waals surface area contributed by atoms with Crippen LogP contribution in [0, 0.1) is 18.3 Å². The number of aromatic nitrogens is 2. The smallest absolute Gasteiger partial charge is 0.251 e. The van der Waals surface area contributed by atoms with Gasteiger partial charge in [-0.25, -0.2) is 22.0 Å². The van der Waals surface area contributed by atoms with Crippen molar-refractivity contribution in [2.45, 2.75) is 18.5 Å². The maximum Gasteiger partial charge on any atom is 0.256 e. The van der Waals surface area contributed by atoms with Gasteiger partial charge in [-0.2, -0.15) is 10.4 Å². The summed E-state index contributed by atoms with van der Waals surface area (Å²) >= 11 is 0. The van der Waals surface area contributed by atoms with Gasteiger partial charge in [-0.3, -0.25) is 4.68 Å². The van der Waals surface area contributed by atoms with Gasteiger partial charge < -0.3 is 0 Å². The minimum atomic E-state index is -4.14. The molecule has 1 heterocycles. The van der Waals surface area contributed by atoms with Gasteiger partial charge in [0.2, 0.25) is 0 Å². The number of nitrogens with two attached hydrogens (primary N) is 1. The molecule has 0 unspecified atom stereocenters. The van der Waals surface area contributed by atoms with Crippen molar-refractivity contribution in [2.24, 2.45) is 5.14 Å². The van der Waals surface area contributed by atoms with Crippen LogP contribution >= 0.6 is 0 Å². The Kier molecular flexibility index (Phi) is 3.80. The number of sulfone groups is 1. The maximum absolute atomic E-state index is 11.4. The molecule has 0 aliphatic heterocycles. The van der Waals surface area contributed by atoms with Crippen LogP contribution in [0.25, 0.3) is 0 Å². The molecule has 1 aromatic rings. The number of primary sulfonamides is 1. The summed E-state index contributed by atoms with van der Waals surface area (Å²) in [6.07, 6.45) is 1.02. The second-order valence-corrected chi connectivity index (χ2v) is 7.51. The topological polar surface area (TPSA) is 136 Å². The molecule has 0 spiro atoms. The molecule has 10 heteroatoms. The Morgan fingerprint density at radius 2 is 1.94 bits per heavy atom. The Hall–Kier alpha value is -1.44. The third-order valence-corrected chi connectivity index (χ3v) is 4.01. The van der Waals surface area contributed by atoms with Gasteiger partial charge in [0.25, 0.3) is 10.0 Å². The molecule has 0 aliphatic rings. The lowest BCUT2D eigenvalue weighted by molar-refractivity contribution is 0.544. The number of sulfonamides is 1. The fourth-order valence-corrected chi connectivity index (χ4v) is 2.79. The Bertz CT molecular complexity index is 709. The van der Waals surface area contributed by atoms with Crippen LogP contribution in [0.2, 0.25) is 0 Å². The first kappa shape index (κ1) is 14.6. The van der Waals surface area contributed by atoms with Gasteiger partial charge in [0.15, 0.2) is 5.03 Å². The minimum absolute atomic E-state index is 0.161. The lowest BCUT2D eigenvalue weighted by Gasteiger charge is -2.04. The second kappa shape index (κ2) is 4.68. The van der Waals surface area contributed by atoms with E-state index in [1.807, 2.05) is 0 Å². The molecule has 1 rings (SSSR count). The van der Waals surface area contributed by atoms with E-state index < -0.39 is 24.9 Å². The zero-order valence-corrected chi connectivity index (χ0v) is 11.4. The summed E-state index contributed by atoms with van der Waals surface area (Å²) in [5.41, 5.74) is 0.0287. The van der Waals surface area contributed by atoms with Gasteiger partial charge in [0.05, 0.1) is 18.0 Å². The van der Waals surface area contributed by atoms with Crippen molar-refractivity contribution >= 4 is 19.9 Å². The van der Waals surface area contributed by atoms with E-state index in [4.69, 9.17) is 10.4 Å². The third kappa shape index (κ3) is 3.28. The molecule has 0 atom stereocenters. The summed E-state index contributed by atoms with van der Waals surface area (Å²) in [4.78, 5) is 0. The van der Waals surface area contributed by atoms with E-state index in [-0.39, 0.29) is 23.6 Å². The first-order chi connectivity index (χ1) is 8.06. The molecule has 0 saturated heterocycles. The van der Waals surface area contributed by atoms with Crippen LogP contribution in [0.3, 0.4) is 0 Å². The minimum Gasteiger partial charge on any atom is -0.251 e. The van der Waals surface area contributed by atoms with Crippen molar-refractivity contribution in [3.8, 4) is 6.07 Å². The molecular weight excluding hydrogens is 280 g/mol. The molecular formula is C8H12N4O4S2. The number of nitrogens with zero attached hydrogens (tertiary/aromatic N) is 3. The zero-order chi connectivity index (χ0) is 14.1. The average Bonchev–Trinajstić information content (AvgIpc) is 2.50. The molecule has 8 nitrogen and oxygen atoms in total. The average molecular weight is 292 g/mol. The predicted molar refractivity (Wildman–Crippen MR) is 62.8 cm³/mol. The SMILES string of the molecule is Cc1nn(CCS(C)(=O)=O)c(S(N)(=O)=O)c1C#N. The summed E-state index contributed by atoms with van der Waals surface area (Å²) in [6, 6.07) is 1.70. The van der Waals surface area contributed by atoms with Gasteiger partial charge >= 0.3 is 0 Å². The molecule has 1 aromatic heterocycles. The summed E-state index contributed by atoms with van der Waals surface area (Å²) in [6.45, 7) is 1.28. The van der Waals surface area contributed by atoms with Crippen molar-refractivity contribution < 1.29 is 16.8 Å². The molecule has 18 heavy (non-hydrogen) atoms. The molecule has 0 aliphatic carbocycles. The van der Waals surface area contributed by atoms with Gasteiger partial charge in [0, 0.05) is 6.26 Å². The summed E-state index contributed by atoms with van der Waals surface area (Å²) in [5.74, 6) is -0.290. The largest absolute Gasteiger partial charge is 0.256 e. The fourth-order valence-electron chi connectivity index (χ4n) is 1.38. The van der Waals surface area contributed by atoms with E-state index >= 15 is 0 Å². The lowest BCUT2D eigenvalue weighted by atomic mass is 10.3. The Balaban J connectivity index is 3.35. The van der Waals surface area contributed by atoms with Crippen LogP contribution in [0.5, 0.6) is 0 Å². The molecule has 0 radical (unpaired) electrons. The van der Waals surface area contributed by atoms with Crippen LogP contribution in [0.15, 0.2) is 5.03 Å². The van der Waals surface area contributed by atoms with Crippen molar-refractivity contribution in [1.29, 1.82) is 5.26 Å². The van der Waals surface area contributed by atoms with Crippen LogP contribution in [-0.4, -0.2) is 38.6 Å². The molecule has 100 valence electrons. The van der Waals surface area contributed by atoms with E-state index in [1.165, 1.54) is 6.92 Å². The van der Waals surface area contributed by atoms with Crippen LogP contribution < -0.4 is 5.14 Å². The fraction of sp³-hybridized carbons (Fsp3) is 0.500. The Labute approximate surface area is 105 Å². The highest BCUT2D eigenvalue weighted by Gasteiger charge is 2.24. The van der Waals surface area contributed by atoms with Crippen LogP contribution in [-0.2, 0) is 26.4 Å². The molecule has 0 saturated carbocycles. The lowest BCUT2D eigenvalue weighted by Crippen LogP contribution is -2.21. The summed E-state index contributed by atoms with van der Waals surface area (Å²) in [5, 5.41) is 17.2. The Morgan fingerprint density at radius 3 is 2.33 bits per heavy atom. The number of hydrogen-bond donors (Lipinski definition) is 1. The third-order valence-electron chi connectivity index (χ3n) is 2.14. The molecule has 0 amide bonds. The standard InChI is InChI=1S/C8H12N4O4S2/c1-6-7(5-9)8(18(10,15)16)12(11-6)3-4-17(2,13)14/h3-4H2,1-2H3,(H2,10,15,16). The van der Waals surface area contributed by atoms with Crippen molar-refractivity contribution in [2.75, 3.05) is 12.0 Å². The van der Waals surface area contributed by atoms with Crippen LogP contribution in [0.4, 0.5) is 0 Å². The number of hydrogen-bond acceptors (Lipinski definition) is 6. The normalized spacial score (nSPS) is 12.3. The van der Waals surface area contributed by atoms with Crippen molar-refractivity contribution in [3.63, 3.8) is 0 Å². The predicted octanol–water partition coefficient (Wildman–Crippen LogP) is -1.24. The van der Waals surface area contributed by atoms with Gasteiger partial charge in [-0.05, 0) is 6.92 Å². The second-order valence-electron chi connectivity index (χ2n) is 3.78. The van der Waals surface area contributed by atoms with Gasteiger partial charge in [-0.1, -0.05) is 0 Å². The molecule has 2 N–H and O–H groups in total. The first-order valence-electron chi connectivity index (χ1n) is 4.74. The van der Waals surface area contributed by atoms with Gasteiger partial charge in [-0.15, -0.1) is 0 Å². The van der Waals surface area contributed by atoms with Crippen molar-refractivity contribution in [1.82, 2.24) is 9.78 Å². The molecule has 0 fully saturated rings. The highest BCUT2D eigenvalue weighted by Crippen LogP contribution is 2.17. The summed E-state index contributed by atoms with van der Waals surface area (Å²) < 4.78 is 45.8. The van der Waals surface area contributed by atoms with E-state index in [9.17, 15) is 16.8 Å². The quantitative estimate of drug-likeness (QED) is 0.736. The monoisotopic (exact) mass is 292 g/mol.